The Kier molecular flexibility index (Phi) is 6.55. The fourth-order valence-electron chi connectivity index (χ4n) is 4.26. The molecule has 2 aliphatic rings. The van der Waals surface area contributed by atoms with Gasteiger partial charge in [0.25, 0.3) is 0 Å². The molecule has 2 aliphatic carbocycles. The van der Waals surface area contributed by atoms with E-state index in [1.54, 1.807) is 0 Å². The normalized spacial score (nSPS) is 31.4. The van der Waals surface area contributed by atoms with Gasteiger partial charge in [0.15, 0.2) is 0 Å². The summed E-state index contributed by atoms with van der Waals surface area (Å²) in [5, 5.41) is 10.1. The average molecular weight is 296 g/mol. The summed E-state index contributed by atoms with van der Waals surface area (Å²) in [4.78, 5) is 2.76. The topological polar surface area (TPSA) is 23.5 Å². The highest BCUT2D eigenvalue weighted by molar-refractivity contribution is 4.90. The minimum Gasteiger partial charge on any atom is -0.396 e. The quantitative estimate of drug-likeness (QED) is 0.749. The highest BCUT2D eigenvalue weighted by atomic mass is 16.3. The lowest BCUT2D eigenvalue weighted by atomic mass is 9.71. The molecule has 0 radical (unpaired) electrons. The summed E-state index contributed by atoms with van der Waals surface area (Å²) < 4.78 is 0. The Labute approximate surface area is 132 Å². The first kappa shape index (κ1) is 17.3. The van der Waals surface area contributed by atoms with Crippen LogP contribution in [0.3, 0.4) is 0 Å². The molecule has 2 fully saturated rings. The average Bonchev–Trinajstić information content (AvgIpc) is 3.00. The summed E-state index contributed by atoms with van der Waals surface area (Å²) in [6.45, 7) is 9.81. The van der Waals surface area contributed by atoms with Gasteiger partial charge in [0.05, 0.1) is 0 Å². The smallest absolute Gasteiger partial charge is 0.0499 e. The molecule has 21 heavy (non-hydrogen) atoms. The van der Waals surface area contributed by atoms with Crippen molar-refractivity contribution in [2.75, 3.05) is 19.7 Å². The molecule has 0 unspecified atom stereocenters. The van der Waals surface area contributed by atoms with Gasteiger partial charge in [-0.2, -0.15) is 0 Å². The van der Waals surface area contributed by atoms with Gasteiger partial charge >= 0.3 is 0 Å². The Morgan fingerprint density at radius 2 is 1.71 bits per heavy atom. The van der Waals surface area contributed by atoms with E-state index >= 15 is 0 Å². The first-order valence-electron chi connectivity index (χ1n) is 9.39. The molecule has 0 atom stereocenters. The van der Waals surface area contributed by atoms with Crippen molar-refractivity contribution < 1.29 is 5.11 Å². The maximum atomic E-state index is 10.1. The lowest BCUT2D eigenvalue weighted by molar-refractivity contribution is 0.0146. The maximum Gasteiger partial charge on any atom is 0.0499 e. The second-order valence-corrected chi connectivity index (χ2v) is 8.43. The van der Waals surface area contributed by atoms with E-state index in [1.165, 1.54) is 64.3 Å². The van der Waals surface area contributed by atoms with Crippen LogP contribution in [0.2, 0.25) is 0 Å². The van der Waals surface area contributed by atoms with E-state index in [2.05, 4.69) is 25.7 Å². The summed E-state index contributed by atoms with van der Waals surface area (Å²) in [6, 6.07) is 0.798. The molecule has 0 aromatic rings. The Hall–Kier alpha value is -0.0800. The van der Waals surface area contributed by atoms with Crippen molar-refractivity contribution in [1.82, 2.24) is 4.90 Å². The van der Waals surface area contributed by atoms with Gasteiger partial charge in [-0.1, -0.05) is 46.5 Å². The SMILES string of the molecule is CC(C)CCN(CC1(CO)CCC(C)CC1)C1CCCC1. The minimum absolute atomic E-state index is 0.200. The van der Waals surface area contributed by atoms with E-state index in [4.69, 9.17) is 0 Å². The molecular formula is C19H37NO. The van der Waals surface area contributed by atoms with E-state index in [0.717, 1.165) is 24.4 Å². The third kappa shape index (κ3) is 4.96. The van der Waals surface area contributed by atoms with Gasteiger partial charge in [-0.25, -0.2) is 0 Å². The molecule has 0 spiro atoms. The van der Waals surface area contributed by atoms with Crippen LogP contribution in [-0.2, 0) is 0 Å². The Morgan fingerprint density at radius 3 is 2.24 bits per heavy atom. The van der Waals surface area contributed by atoms with Crippen LogP contribution < -0.4 is 0 Å². The van der Waals surface area contributed by atoms with E-state index in [0.29, 0.717) is 6.61 Å². The molecule has 0 bridgehead atoms. The molecule has 124 valence electrons. The number of aliphatic hydroxyl groups excluding tert-OH is 1. The number of rotatable bonds is 7. The van der Waals surface area contributed by atoms with Crippen molar-refractivity contribution >= 4 is 0 Å². The van der Waals surface area contributed by atoms with Crippen molar-refractivity contribution in [1.29, 1.82) is 0 Å². The van der Waals surface area contributed by atoms with Crippen LogP contribution in [0.4, 0.5) is 0 Å². The standard InChI is InChI=1S/C19H37NO/c1-16(2)10-13-20(18-6-4-5-7-18)14-19(15-21)11-8-17(3)9-12-19/h16-18,21H,4-15H2,1-3H3. The zero-order chi connectivity index (χ0) is 15.3. The molecule has 2 heteroatoms. The van der Waals surface area contributed by atoms with Crippen LogP contribution >= 0.6 is 0 Å². The van der Waals surface area contributed by atoms with Crippen molar-refractivity contribution in [2.45, 2.75) is 84.6 Å². The van der Waals surface area contributed by atoms with E-state index < -0.39 is 0 Å². The maximum absolute atomic E-state index is 10.1. The van der Waals surface area contributed by atoms with Crippen molar-refractivity contribution in [3.8, 4) is 0 Å². The number of nitrogens with zero attached hydrogens (tertiary/aromatic N) is 1. The van der Waals surface area contributed by atoms with Gasteiger partial charge in [-0.3, -0.25) is 4.90 Å². The summed E-state index contributed by atoms with van der Waals surface area (Å²) in [7, 11) is 0. The predicted octanol–water partition coefficient (Wildman–Crippen LogP) is 4.47. The molecule has 2 nitrogen and oxygen atoms in total. The highest BCUT2D eigenvalue weighted by Crippen LogP contribution is 2.40. The Morgan fingerprint density at radius 1 is 1.10 bits per heavy atom. The van der Waals surface area contributed by atoms with Crippen LogP contribution in [0.15, 0.2) is 0 Å². The van der Waals surface area contributed by atoms with E-state index in [9.17, 15) is 5.11 Å². The Bertz CT molecular complexity index is 288. The second-order valence-electron chi connectivity index (χ2n) is 8.43. The molecule has 2 rings (SSSR count). The van der Waals surface area contributed by atoms with Crippen molar-refractivity contribution in [2.24, 2.45) is 17.3 Å². The summed E-state index contributed by atoms with van der Waals surface area (Å²) in [6.07, 6.45) is 12.0. The minimum atomic E-state index is 0.200. The fraction of sp³-hybridized carbons (Fsp3) is 1.00. The van der Waals surface area contributed by atoms with Gasteiger partial charge < -0.3 is 5.11 Å². The zero-order valence-electron chi connectivity index (χ0n) is 14.6. The monoisotopic (exact) mass is 295 g/mol. The first-order chi connectivity index (χ1) is 10.0. The fourth-order valence-corrected chi connectivity index (χ4v) is 4.26. The van der Waals surface area contributed by atoms with Crippen LogP contribution in [0.5, 0.6) is 0 Å². The van der Waals surface area contributed by atoms with Gasteiger partial charge in [0, 0.05) is 24.6 Å². The highest BCUT2D eigenvalue weighted by Gasteiger charge is 2.37. The molecule has 0 aliphatic heterocycles. The molecule has 0 heterocycles. The predicted molar refractivity (Wildman–Crippen MR) is 90.4 cm³/mol. The van der Waals surface area contributed by atoms with Crippen molar-refractivity contribution in [3.05, 3.63) is 0 Å². The molecule has 0 saturated heterocycles. The molecule has 0 aromatic carbocycles. The summed E-state index contributed by atoms with van der Waals surface area (Å²) >= 11 is 0. The first-order valence-corrected chi connectivity index (χ1v) is 9.39. The lowest BCUT2D eigenvalue weighted by Gasteiger charge is -2.43. The second kappa shape index (κ2) is 7.97. The number of hydrogen-bond donors (Lipinski definition) is 1. The van der Waals surface area contributed by atoms with Gasteiger partial charge in [-0.15, -0.1) is 0 Å². The molecule has 0 amide bonds. The Balaban J connectivity index is 1.97. The van der Waals surface area contributed by atoms with Gasteiger partial charge in [0.2, 0.25) is 0 Å². The van der Waals surface area contributed by atoms with Gasteiger partial charge in [-0.05, 0) is 50.5 Å². The third-order valence-electron chi connectivity index (χ3n) is 6.04. The van der Waals surface area contributed by atoms with Gasteiger partial charge in [0.1, 0.15) is 0 Å². The van der Waals surface area contributed by atoms with E-state index in [-0.39, 0.29) is 5.41 Å². The summed E-state index contributed by atoms with van der Waals surface area (Å²) in [5.74, 6) is 1.64. The summed E-state index contributed by atoms with van der Waals surface area (Å²) in [5.41, 5.74) is 0.200. The largest absolute Gasteiger partial charge is 0.396 e. The number of hydrogen-bond acceptors (Lipinski definition) is 2. The van der Waals surface area contributed by atoms with Crippen LogP contribution in [0, 0.1) is 17.3 Å². The third-order valence-corrected chi connectivity index (χ3v) is 6.04. The van der Waals surface area contributed by atoms with Crippen LogP contribution in [-0.4, -0.2) is 35.7 Å². The van der Waals surface area contributed by atoms with Crippen LogP contribution in [0.25, 0.3) is 0 Å². The van der Waals surface area contributed by atoms with Crippen LogP contribution in [0.1, 0.15) is 78.6 Å². The molecule has 2 saturated carbocycles. The lowest BCUT2D eigenvalue weighted by Crippen LogP contribution is -2.46. The van der Waals surface area contributed by atoms with E-state index in [1.807, 2.05) is 0 Å². The molecule has 1 N–H and O–H groups in total. The van der Waals surface area contributed by atoms with Crippen molar-refractivity contribution in [3.63, 3.8) is 0 Å². The molecular weight excluding hydrogens is 258 g/mol. The number of aliphatic hydroxyl groups is 1. The zero-order valence-corrected chi connectivity index (χ0v) is 14.6. The molecule has 0 aromatic heterocycles.